The summed E-state index contributed by atoms with van der Waals surface area (Å²) in [6.45, 7) is 8.36. The summed E-state index contributed by atoms with van der Waals surface area (Å²) in [5.41, 5.74) is 7.08. The first-order valence-corrected chi connectivity index (χ1v) is 7.24. The van der Waals surface area contributed by atoms with Gasteiger partial charge in [0.1, 0.15) is 5.75 Å². The van der Waals surface area contributed by atoms with Gasteiger partial charge in [-0.25, -0.2) is 0 Å². The number of ether oxygens (including phenoxy) is 1. The molecular formula is C18H21ClO. The zero-order chi connectivity index (χ0) is 14.9. The van der Waals surface area contributed by atoms with E-state index in [1.54, 1.807) is 7.11 Å². The molecule has 20 heavy (non-hydrogen) atoms. The van der Waals surface area contributed by atoms with E-state index in [-0.39, 0.29) is 5.38 Å². The zero-order valence-corrected chi connectivity index (χ0v) is 13.5. The Morgan fingerprint density at radius 1 is 0.950 bits per heavy atom. The van der Waals surface area contributed by atoms with Crippen LogP contribution in [-0.2, 0) is 0 Å². The minimum Gasteiger partial charge on any atom is -0.496 e. The Morgan fingerprint density at radius 3 is 2.10 bits per heavy atom. The minimum atomic E-state index is -0.127. The van der Waals surface area contributed by atoms with E-state index in [0.717, 1.165) is 22.4 Å². The van der Waals surface area contributed by atoms with Gasteiger partial charge in [-0.15, -0.1) is 11.6 Å². The molecule has 0 aliphatic heterocycles. The number of benzene rings is 2. The van der Waals surface area contributed by atoms with Crippen LogP contribution in [0.4, 0.5) is 0 Å². The van der Waals surface area contributed by atoms with Gasteiger partial charge >= 0.3 is 0 Å². The van der Waals surface area contributed by atoms with Gasteiger partial charge in [0, 0.05) is 0 Å². The summed E-state index contributed by atoms with van der Waals surface area (Å²) in [6.07, 6.45) is 0. The second kappa shape index (κ2) is 5.88. The molecule has 0 aromatic heterocycles. The molecule has 0 radical (unpaired) electrons. The Labute approximate surface area is 126 Å². The molecule has 0 bridgehead atoms. The smallest absolute Gasteiger partial charge is 0.124 e. The monoisotopic (exact) mass is 288 g/mol. The highest BCUT2D eigenvalue weighted by Gasteiger charge is 2.16. The highest BCUT2D eigenvalue weighted by molar-refractivity contribution is 6.22. The van der Waals surface area contributed by atoms with E-state index >= 15 is 0 Å². The van der Waals surface area contributed by atoms with Crippen molar-refractivity contribution in [1.82, 2.24) is 0 Å². The predicted molar refractivity (Wildman–Crippen MR) is 86.1 cm³/mol. The Bertz CT molecular complexity index is 608. The Morgan fingerprint density at radius 2 is 1.55 bits per heavy atom. The molecule has 0 aliphatic rings. The van der Waals surface area contributed by atoms with Gasteiger partial charge in [-0.3, -0.25) is 0 Å². The second-order valence-electron chi connectivity index (χ2n) is 5.34. The minimum absolute atomic E-state index is 0.127. The van der Waals surface area contributed by atoms with Crippen molar-refractivity contribution in [2.45, 2.75) is 33.1 Å². The highest BCUT2D eigenvalue weighted by Crippen LogP contribution is 2.35. The van der Waals surface area contributed by atoms with Crippen LogP contribution in [0.1, 0.15) is 38.8 Å². The van der Waals surface area contributed by atoms with Crippen molar-refractivity contribution >= 4 is 11.6 Å². The van der Waals surface area contributed by atoms with Crippen molar-refractivity contribution in [2.24, 2.45) is 0 Å². The van der Waals surface area contributed by atoms with E-state index in [1.165, 1.54) is 16.7 Å². The van der Waals surface area contributed by atoms with Crippen molar-refractivity contribution in [2.75, 3.05) is 7.11 Å². The molecule has 0 saturated heterocycles. The zero-order valence-electron chi connectivity index (χ0n) is 12.8. The first-order chi connectivity index (χ1) is 9.45. The molecule has 106 valence electrons. The first kappa shape index (κ1) is 14.9. The lowest BCUT2D eigenvalue weighted by Crippen LogP contribution is -2.00. The standard InChI is InChI=1S/C18H21ClO/c1-11-7-6-8-16(14(11)4)17(19)15-9-12(2)18(20-5)13(3)10-15/h6-10,17H,1-5H3. The third kappa shape index (κ3) is 2.69. The molecule has 0 spiro atoms. The van der Waals surface area contributed by atoms with Crippen molar-refractivity contribution in [3.8, 4) is 5.75 Å². The third-order valence-electron chi connectivity index (χ3n) is 3.90. The van der Waals surface area contributed by atoms with E-state index < -0.39 is 0 Å². The van der Waals surface area contributed by atoms with Crippen molar-refractivity contribution < 1.29 is 4.74 Å². The number of hydrogen-bond acceptors (Lipinski definition) is 1. The maximum Gasteiger partial charge on any atom is 0.124 e. The highest BCUT2D eigenvalue weighted by atomic mass is 35.5. The summed E-state index contributed by atoms with van der Waals surface area (Å²) in [5, 5.41) is -0.127. The van der Waals surface area contributed by atoms with Crippen LogP contribution in [0.15, 0.2) is 30.3 Å². The lowest BCUT2D eigenvalue weighted by Gasteiger charge is -2.18. The van der Waals surface area contributed by atoms with E-state index in [0.29, 0.717) is 0 Å². The van der Waals surface area contributed by atoms with Crippen LogP contribution in [0.2, 0.25) is 0 Å². The Kier molecular flexibility index (Phi) is 4.39. The van der Waals surface area contributed by atoms with Crippen molar-refractivity contribution in [1.29, 1.82) is 0 Å². The molecule has 0 fully saturated rings. The molecule has 0 amide bonds. The maximum atomic E-state index is 6.71. The van der Waals surface area contributed by atoms with Crippen LogP contribution in [-0.4, -0.2) is 7.11 Å². The molecule has 2 rings (SSSR count). The van der Waals surface area contributed by atoms with Crippen LogP contribution in [0.5, 0.6) is 5.75 Å². The molecule has 2 aromatic carbocycles. The fraction of sp³-hybridized carbons (Fsp3) is 0.333. The lowest BCUT2D eigenvalue weighted by molar-refractivity contribution is 0.408. The average molecular weight is 289 g/mol. The lowest BCUT2D eigenvalue weighted by atomic mass is 9.95. The van der Waals surface area contributed by atoms with Gasteiger partial charge in [-0.2, -0.15) is 0 Å². The van der Waals surface area contributed by atoms with Crippen molar-refractivity contribution in [3.05, 3.63) is 63.7 Å². The third-order valence-corrected chi connectivity index (χ3v) is 4.39. The van der Waals surface area contributed by atoms with E-state index in [1.807, 2.05) is 0 Å². The van der Waals surface area contributed by atoms with Gasteiger partial charge in [0.15, 0.2) is 0 Å². The van der Waals surface area contributed by atoms with Gasteiger partial charge < -0.3 is 4.74 Å². The number of aryl methyl sites for hydroxylation is 3. The second-order valence-corrected chi connectivity index (χ2v) is 5.78. The summed E-state index contributed by atoms with van der Waals surface area (Å²) in [6, 6.07) is 10.5. The van der Waals surface area contributed by atoms with Crippen molar-refractivity contribution in [3.63, 3.8) is 0 Å². The molecule has 0 N–H and O–H groups in total. The molecule has 0 saturated carbocycles. The number of methoxy groups -OCH3 is 1. The number of hydrogen-bond donors (Lipinski definition) is 0. The van der Waals surface area contributed by atoms with Crippen LogP contribution in [0, 0.1) is 27.7 Å². The fourth-order valence-corrected chi connectivity index (χ4v) is 3.04. The summed E-state index contributed by atoms with van der Waals surface area (Å²) in [7, 11) is 1.71. The number of alkyl halides is 1. The molecule has 1 atom stereocenters. The number of halogens is 1. The summed E-state index contributed by atoms with van der Waals surface area (Å²) in [5.74, 6) is 0.943. The number of rotatable bonds is 3. The predicted octanol–water partition coefficient (Wildman–Crippen LogP) is 5.26. The SMILES string of the molecule is COc1c(C)cc(C(Cl)c2cccc(C)c2C)cc1C. The summed E-state index contributed by atoms with van der Waals surface area (Å²) >= 11 is 6.71. The van der Waals surface area contributed by atoms with Gasteiger partial charge in [-0.05, 0) is 61.1 Å². The van der Waals surface area contributed by atoms with E-state index in [9.17, 15) is 0 Å². The molecule has 1 nitrogen and oxygen atoms in total. The average Bonchev–Trinajstić information content (AvgIpc) is 2.41. The topological polar surface area (TPSA) is 9.23 Å². The fourth-order valence-electron chi connectivity index (χ4n) is 2.68. The molecule has 1 unspecified atom stereocenters. The van der Waals surface area contributed by atoms with Crippen LogP contribution < -0.4 is 4.74 Å². The summed E-state index contributed by atoms with van der Waals surface area (Å²) < 4.78 is 5.42. The molecule has 2 aromatic rings. The van der Waals surface area contributed by atoms with Gasteiger partial charge in [0.2, 0.25) is 0 Å². The van der Waals surface area contributed by atoms with Gasteiger partial charge in [-0.1, -0.05) is 30.3 Å². The largest absolute Gasteiger partial charge is 0.496 e. The van der Waals surface area contributed by atoms with Crippen LogP contribution in [0.3, 0.4) is 0 Å². The molecule has 2 heteroatoms. The van der Waals surface area contributed by atoms with Gasteiger partial charge in [0.25, 0.3) is 0 Å². The first-order valence-electron chi connectivity index (χ1n) is 6.81. The Hall–Kier alpha value is -1.47. The normalized spacial score (nSPS) is 12.3. The molecule has 0 heterocycles. The van der Waals surface area contributed by atoms with Gasteiger partial charge in [0.05, 0.1) is 12.5 Å². The maximum absolute atomic E-state index is 6.71. The molecular weight excluding hydrogens is 268 g/mol. The van der Waals surface area contributed by atoms with Crippen LogP contribution in [0.25, 0.3) is 0 Å². The van der Waals surface area contributed by atoms with E-state index in [2.05, 4.69) is 58.0 Å². The summed E-state index contributed by atoms with van der Waals surface area (Å²) in [4.78, 5) is 0. The van der Waals surface area contributed by atoms with Crippen LogP contribution >= 0.6 is 11.6 Å². The quantitative estimate of drug-likeness (QED) is 0.700. The molecule has 0 aliphatic carbocycles. The van der Waals surface area contributed by atoms with E-state index in [4.69, 9.17) is 16.3 Å². The Balaban J connectivity index is 2.49.